The fourth-order valence-electron chi connectivity index (χ4n) is 6.85. The van der Waals surface area contributed by atoms with E-state index in [0.717, 1.165) is 33.5 Å². The zero-order chi connectivity index (χ0) is 36.4. The number of ether oxygens (including phenoxy) is 2. The molecule has 0 aliphatic heterocycles. The second kappa shape index (κ2) is 16.9. The third-order valence-corrected chi connectivity index (χ3v) is 14.2. The van der Waals surface area contributed by atoms with E-state index < -0.39 is 37.3 Å². The predicted octanol–water partition coefficient (Wildman–Crippen LogP) is 7.27. The summed E-state index contributed by atoms with van der Waals surface area (Å²) in [4.78, 5) is 0. The predicted molar refractivity (Wildman–Crippen MR) is 206 cm³/mol. The van der Waals surface area contributed by atoms with Crippen LogP contribution in [-0.4, -0.2) is 48.6 Å². The van der Waals surface area contributed by atoms with Gasteiger partial charge < -0.3 is 29.2 Å². The average Bonchev–Trinajstić information content (AvgIpc) is 3.14. The number of aliphatic hydroxyl groups is 3. The first-order valence-electron chi connectivity index (χ1n) is 17.6. The quantitative estimate of drug-likeness (QED) is 0.0434. The maximum atomic E-state index is 10.8. The van der Waals surface area contributed by atoms with E-state index in [1.165, 1.54) is 0 Å². The lowest BCUT2D eigenvalue weighted by molar-refractivity contribution is -0.367. The van der Waals surface area contributed by atoms with Crippen LogP contribution in [0.1, 0.15) is 57.2 Å². The standard InChI is InChI=1S/C44H50O6Si/c1-5-6-22-33-48-40(44(45,46)47)34-41(50-51(42(2,3)4,38-29-18-10-19-30-38)39-31-20-11-21-32-39)49-43(35-23-12-7-13-24-35,36-25-14-8-15-26-36)37-27-16-9-17-28-37/h6-32,40-41,45-47H,5,33-34H2,1-4H3. The van der Waals surface area contributed by atoms with Gasteiger partial charge in [-0.2, -0.15) is 0 Å². The van der Waals surface area contributed by atoms with Gasteiger partial charge in [-0.25, -0.2) is 0 Å². The molecule has 0 aliphatic rings. The van der Waals surface area contributed by atoms with Gasteiger partial charge in [-0.3, -0.25) is 0 Å². The summed E-state index contributed by atoms with van der Waals surface area (Å²) in [7, 11) is -3.32. The molecule has 2 atom stereocenters. The largest absolute Gasteiger partial charge is 0.382 e. The molecule has 0 fully saturated rings. The molecule has 51 heavy (non-hydrogen) atoms. The van der Waals surface area contributed by atoms with Crippen LogP contribution in [0.5, 0.6) is 0 Å². The van der Waals surface area contributed by atoms with Gasteiger partial charge in [0.15, 0.2) is 6.29 Å². The van der Waals surface area contributed by atoms with Crippen molar-refractivity contribution in [3.8, 4) is 0 Å². The van der Waals surface area contributed by atoms with Crippen LogP contribution in [0.25, 0.3) is 0 Å². The van der Waals surface area contributed by atoms with E-state index in [-0.39, 0.29) is 13.0 Å². The van der Waals surface area contributed by atoms with Gasteiger partial charge in [-0.1, -0.05) is 192 Å². The van der Waals surface area contributed by atoms with Gasteiger partial charge >= 0.3 is 5.97 Å². The zero-order valence-corrected chi connectivity index (χ0v) is 30.9. The molecule has 2 unspecified atom stereocenters. The molecule has 6 nitrogen and oxygen atoms in total. The van der Waals surface area contributed by atoms with Crippen LogP contribution >= 0.6 is 0 Å². The van der Waals surface area contributed by atoms with Crippen LogP contribution in [-0.2, 0) is 19.5 Å². The fourth-order valence-corrected chi connectivity index (χ4v) is 11.4. The van der Waals surface area contributed by atoms with Gasteiger partial charge in [0, 0.05) is 6.42 Å². The van der Waals surface area contributed by atoms with Crippen molar-refractivity contribution >= 4 is 18.7 Å². The van der Waals surface area contributed by atoms with Crippen LogP contribution in [0.15, 0.2) is 164 Å². The van der Waals surface area contributed by atoms with E-state index in [2.05, 4.69) is 45.0 Å². The summed E-state index contributed by atoms with van der Waals surface area (Å²) < 4.78 is 21.2. The van der Waals surface area contributed by atoms with Gasteiger partial charge in [0.05, 0.1) is 6.61 Å². The topological polar surface area (TPSA) is 88.4 Å². The molecule has 5 rings (SSSR count). The maximum absolute atomic E-state index is 10.8. The summed E-state index contributed by atoms with van der Waals surface area (Å²) in [5.74, 6) is -3.19. The van der Waals surface area contributed by atoms with Crippen LogP contribution in [0, 0.1) is 0 Å². The highest BCUT2D eigenvalue weighted by atomic mass is 28.4. The lowest BCUT2D eigenvalue weighted by Crippen LogP contribution is -2.68. The highest BCUT2D eigenvalue weighted by Crippen LogP contribution is 2.45. The van der Waals surface area contributed by atoms with Crippen molar-refractivity contribution in [3.63, 3.8) is 0 Å². The second-order valence-corrected chi connectivity index (χ2v) is 18.0. The Hall–Kier alpha value is -4.18. The first-order valence-corrected chi connectivity index (χ1v) is 19.5. The molecule has 5 aromatic rings. The van der Waals surface area contributed by atoms with Gasteiger partial charge in [0.25, 0.3) is 8.32 Å². The molecule has 0 radical (unpaired) electrons. The number of allylic oxidation sites excluding steroid dienone is 1. The Balaban J connectivity index is 1.79. The van der Waals surface area contributed by atoms with Gasteiger partial charge in [0.1, 0.15) is 11.7 Å². The van der Waals surface area contributed by atoms with Crippen molar-refractivity contribution in [2.45, 2.75) is 69.5 Å². The summed E-state index contributed by atoms with van der Waals surface area (Å²) in [6.07, 6.45) is 1.63. The maximum Gasteiger partial charge on any atom is 0.303 e. The van der Waals surface area contributed by atoms with E-state index in [9.17, 15) is 15.3 Å². The van der Waals surface area contributed by atoms with E-state index in [4.69, 9.17) is 13.9 Å². The SMILES string of the molecule is CCC=CCOC(CC(OC(c1ccccc1)(c1ccccc1)c1ccccc1)O[Si](c1ccccc1)(c1ccccc1)C(C)(C)C)C(O)(O)O. The molecule has 3 N–H and O–H groups in total. The minimum Gasteiger partial charge on any atom is -0.382 e. The molecular weight excluding hydrogens is 653 g/mol. The first-order chi connectivity index (χ1) is 24.5. The summed E-state index contributed by atoms with van der Waals surface area (Å²) >= 11 is 0. The summed E-state index contributed by atoms with van der Waals surface area (Å²) in [6.45, 7) is 8.57. The lowest BCUT2D eigenvalue weighted by atomic mass is 9.80. The smallest absolute Gasteiger partial charge is 0.303 e. The summed E-state index contributed by atoms with van der Waals surface area (Å²) in [5.41, 5.74) is 1.33. The lowest BCUT2D eigenvalue weighted by Gasteiger charge is -2.47. The normalized spacial score (nSPS) is 14.0. The minimum atomic E-state index is -3.32. The van der Waals surface area contributed by atoms with Gasteiger partial charge in [-0.05, 0) is 38.5 Å². The molecule has 0 saturated carbocycles. The molecule has 7 heteroatoms. The van der Waals surface area contributed by atoms with Crippen LogP contribution in [0.3, 0.4) is 0 Å². The molecule has 266 valence electrons. The molecule has 0 aromatic heterocycles. The minimum absolute atomic E-state index is 0.0507. The Morgan fingerprint density at radius 1 is 0.588 bits per heavy atom. The number of hydrogen-bond acceptors (Lipinski definition) is 6. The van der Waals surface area contributed by atoms with Gasteiger partial charge in [-0.15, -0.1) is 0 Å². The first kappa shape index (κ1) is 38.1. The fraction of sp³-hybridized carbons (Fsp3) is 0.273. The van der Waals surface area contributed by atoms with Crippen LogP contribution in [0.2, 0.25) is 5.04 Å². The Kier molecular flexibility index (Phi) is 12.6. The third kappa shape index (κ3) is 8.65. The van der Waals surface area contributed by atoms with E-state index in [1.807, 2.05) is 140 Å². The molecule has 0 saturated heterocycles. The second-order valence-electron chi connectivity index (χ2n) is 13.7. The van der Waals surface area contributed by atoms with E-state index in [1.54, 1.807) is 6.08 Å². The average molecular weight is 703 g/mol. The monoisotopic (exact) mass is 702 g/mol. The number of rotatable bonds is 16. The van der Waals surface area contributed by atoms with Crippen molar-refractivity contribution in [2.24, 2.45) is 0 Å². The van der Waals surface area contributed by atoms with Crippen LogP contribution < -0.4 is 10.4 Å². The van der Waals surface area contributed by atoms with Crippen molar-refractivity contribution in [1.82, 2.24) is 0 Å². The summed E-state index contributed by atoms with van der Waals surface area (Å²) in [6, 6.07) is 50.3. The van der Waals surface area contributed by atoms with Crippen LogP contribution in [0.4, 0.5) is 0 Å². The van der Waals surface area contributed by atoms with E-state index in [0.29, 0.717) is 0 Å². The molecule has 0 spiro atoms. The Morgan fingerprint density at radius 2 is 0.980 bits per heavy atom. The zero-order valence-electron chi connectivity index (χ0n) is 29.9. The Labute approximate surface area is 303 Å². The Bertz CT molecular complexity index is 1630. The molecule has 5 aromatic carbocycles. The third-order valence-electron chi connectivity index (χ3n) is 9.21. The molecular formula is C44H50O6Si. The van der Waals surface area contributed by atoms with Crippen molar-refractivity contribution in [2.75, 3.05) is 6.61 Å². The molecule has 0 amide bonds. The highest BCUT2D eigenvalue weighted by Gasteiger charge is 2.54. The van der Waals surface area contributed by atoms with Crippen molar-refractivity contribution < 1.29 is 29.2 Å². The molecule has 0 bridgehead atoms. The van der Waals surface area contributed by atoms with E-state index >= 15 is 0 Å². The molecule has 0 heterocycles. The molecule has 0 aliphatic carbocycles. The highest BCUT2D eigenvalue weighted by molar-refractivity contribution is 6.99. The Morgan fingerprint density at radius 3 is 1.33 bits per heavy atom. The van der Waals surface area contributed by atoms with Crippen molar-refractivity contribution in [1.29, 1.82) is 0 Å². The van der Waals surface area contributed by atoms with Crippen molar-refractivity contribution in [3.05, 3.63) is 181 Å². The number of benzene rings is 5. The van der Waals surface area contributed by atoms with Gasteiger partial charge in [0.2, 0.25) is 0 Å². The number of hydrogen-bond donors (Lipinski definition) is 3. The summed E-state index contributed by atoms with van der Waals surface area (Å²) in [5, 5.41) is 34.0.